The monoisotopic (exact) mass is 1410 g/mol. The molecule has 0 unspecified atom stereocenters. The number of Topliss-reactive ketones (excluding diaryl/α,β-unsaturated/α-hetero) is 1. The highest BCUT2D eigenvalue weighted by atomic mass is 35.5. The summed E-state index contributed by atoms with van der Waals surface area (Å²) >= 11 is 17.4. The topological polar surface area (TPSA) is 320 Å². The molecule has 0 aliphatic rings. The molecule has 5 N–H and O–H groups in total. The fourth-order valence-corrected chi connectivity index (χ4v) is 10.0. The number of nitrogens with one attached hydrogen (secondary N) is 2. The Bertz CT molecular complexity index is 4000. The van der Waals surface area contributed by atoms with Gasteiger partial charge in [0, 0.05) is 45.8 Å². The second-order valence-electron chi connectivity index (χ2n) is 22.5. The molecule has 0 saturated carbocycles. The summed E-state index contributed by atoms with van der Waals surface area (Å²) in [5, 5.41) is 43.5. The van der Waals surface area contributed by atoms with Crippen LogP contribution in [0.4, 0.5) is 8.78 Å². The van der Waals surface area contributed by atoms with Gasteiger partial charge in [0.05, 0.1) is 44.9 Å². The van der Waals surface area contributed by atoms with E-state index >= 15 is 0 Å². The number of hydrogen-bond acceptors (Lipinski definition) is 20. The Hall–Kier alpha value is -9.69. The summed E-state index contributed by atoms with van der Waals surface area (Å²) in [4.78, 5) is 97.5. The molecule has 27 heteroatoms. The third-order valence-corrected chi connectivity index (χ3v) is 15.6. The molecular formula is C71H71Cl3F2N4O18. The number of methoxy groups -OCH3 is 2. The van der Waals surface area contributed by atoms with E-state index in [1.807, 2.05) is 86.6 Å². The number of ketones is 1. The number of esters is 5. The molecule has 0 aliphatic carbocycles. The van der Waals surface area contributed by atoms with Crippen molar-refractivity contribution in [2.45, 2.75) is 84.3 Å². The summed E-state index contributed by atoms with van der Waals surface area (Å²) in [7, 11) is 2.49. The number of benzene rings is 6. The molecule has 6 aromatic carbocycles. The number of carbonyl (C=O) groups excluding carboxylic acids is 8. The maximum absolute atomic E-state index is 14.3. The van der Waals surface area contributed by atoms with E-state index in [-0.39, 0.29) is 84.0 Å². The van der Waals surface area contributed by atoms with Gasteiger partial charge in [-0.1, -0.05) is 170 Å². The lowest BCUT2D eigenvalue weighted by molar-refractivity contribution is -0.178. The van der Waals surface area contributed by atoms with Gasteiger partial charge in [0.25, 0.3) is 11.8 Å². The first-order valence-corrected chi connectivity index (χ1v) is 31.6. The van der Waals surface area contributed by atoms with Crippen molar-refractivity contribution in [2.75, 3.05) is 27.1 Å². The van der Waals surface area contributed by atoms with Gasteiger partial charge < -0.3 is 58.7 Å². The number of halogens is 5. The number of aromatic nitrogens is 2. The molecule has 8 rings (SSSR count). The summed E-state index contributed by atoms with van der Waals surface area (Å²) in [6.45, 7) is 6.33. The number of nitrogens with zero attached hydrogens (tertiary/aromatic N) is 2. The van der Waals surface area contributed by atoms with Crippen molar-refractivity contribution in [2.24, 2.45) is 23.7 Å². The van der Waals surface area contributed by atoms with Crippen molar-refractivity contribution in [3.8, 4) is 44.8 Å². The van der Waals surface area contributed by atoms with Gasteiger partial charge in [-0.3, -0.25) is 33.6 Å². The zero-order valence-electron chi connectivity index (χ0n) is 53.8. The summed E-state index contributed by atoms with van der Waals surface area (Å²) in [5.74, 6) is -8.96. The van der Waals surface area contributed by atoms with Gasteiger partial charge in [-0.2, -0.15) is 0 Å². The van der Waals surface area contributed by atoms with Crippen molar-refractivity contribution in [3.63, 3.8) is 0 Å². The van der Waals surface area contributed by atoms with E-state index in [0.29, 0.717) is 15.6 Å². The minimum atomic E-state index is -2.28. The second kappa shape index (κ2) is 38.3. The van der Waals surface area contributed by atoms with Crippen LogP contribution >= 0.6 is 34.8 Å². The standard InChI is InChI=1S/C36H36ClFN2O9.C26H20ClFN2O5.C9H15ClO4/c1-21(2)28(18-33(42)46-3)35(44)47-20-48-36(45)31(41)17-26(15-22-11-13-23(14-12-22)24-7-6-8-25(37)16-24)39-34(43)32-19-30(40-49-32)27-9-4-5-10-29(27)38;27-18-5-3-4-17(13-18)16-10-8-15(9-11-16)12-22(24(31)26(33)34)29-25(32)23-14-21(30-35-23)19-6-1-2-7-20(19)28;1-6(2)7(4-8(11)13-3)9(12)14-5-10/h4-14,16,19,21,26,28,31,41H,15,17-18,20H2,1-3H3,(H,39,43);1-11,13-14,22,26,33-34H,12H2,(H,29,32);6-7H,4-5H2,1-3H3/t26-,28+,31-;22-;7-/m110/s1. The van der Waals surface area contributed by atoms with E-state index < -0.39 is 102 Å². The predicted octanol–water partition coefficient (Wildman–Crippen LogP) is 11.4. The molecule has 8 aromatic rings. The second-order valence-corrected chi connectivity index (χ2v) is 23.6. The summed E-state index contributed by atoms with van der Waals surface area (Å²) in [6.07, 6.45) is -4.31. The maximum atomic E-state index is 14.3. The molecule has 2 heterocycles. The SMILES string of the molecule is COC(=O)C[C@H](C(=O)OCCl)C(C)C.COC(=O)C[C@H](C(=O)OCOC(=O)[C@H](O)C[C@@H](Cc1ccc(-c2cccc(Cl)c2)cc1)NC(=O)c1cc(-c2ccccc2F)no1)C(C)C.O=C(N[C@H](Cc1ccc(-c2cccc(Cl)c2)cc1)C(=O)C(O)O)c1cc(-c2ccccc2F)no1. The zero-order chi connectivity index (χ0) is 71.6. The molecule has 0 saturated heterocycles. The summed E-state index contributed by atoms with van der Waals surface area (Å²) < 4.78 is 62.2. The third kappa shape index (κ3) is 23.6. The number of hydrogen-bond donors (Lipinski definition) is 5. The molecule has 98 heavy (non-hydrogen) atoms. The lowest BCUT2D eigenvalue weighted by atomic mass is 9.93. The minimum Gasteiger partial charge on any atom is -0.469 e. The average Bonchev–Trinajstić information content (AvgIpc) is 1.99. The molecule has 2 aromatic heterocycles. The Kier molecular flexibility index (Phi) is 30.2. The Balaban J connectivity index is 0.000000268. The normalized spacial score (nSPS) is 12.5. The predicted molar refractivity (Wildman–Crippen MR) is 355 cm³/mol. The van der Waals surface area contributed by atoms with Crippen LogP contribution < -0.4 is 10.6 Å². The molecule has 5 atom stereocenters. The first-order chi connectivity index (χ1) is 46.8. The van der Waals surface area contributed by atoms with Crippen LogP contribution in [-0.4, -0.2) is 125 Å². The van der Waals surface area contributed by atoms with E-state index in [0.717, 1.165) is 27.8 Å². The minimum absolute atomic E-state index is 0.00761. The van der Waals surface area contributed by atoms with Crippen LogP contribution in [0, 0.1) is 35.3 Å². The molecule has 0 spiro atoms. The third-order valence-electron chi connectivity index (χ3n) is 15.0. The number of rotatable bonds is 28. The molecule has 2 amide bonds. The lowest BCUT2D eigenvalue weighted by Gasteiger charge is -2.21. The van der Waals surface area contributed by atoms with Crippen LogP contribution in [0.5, 0.6) is 0 Å². The smallest absolute Gasteiger partial charge is 0.337 e. The van der Waals surface area contributed by atoms with Gasteiger partial charge in [-0.15, -0.1) is 0 Å². The highest BCUT2D eigenvalue weighted by Crippen LogP contribution is 2.28. The van der Waals surface area contributed by atoms with Crippen LogP contribution in [0.25, 0.3) is 44.8 Å². The van der Waals surface area contributed by atoms with E-state index in [1.165, 1.54) is 62.8 Å². The molecule has 0 aliphatic heterocycles. The van der Waals surface area contributed by atoms with Crippen LogP contribution in [0.1, 0.15) is 79.2 Å². The fraction of sp³-hybridized carbons (Fsp3) is 0.296. The van der Waals surface area contributed by atoms with E-state index in [2.05, 4.69) is 35.2 Å². The number of aliphatic hydroxyl groups excluding tert-OH is 2. The maximum Gasteiger partial charge on any atom is 0.337 e. The van der Waals surface area contributed by atoms with Gasteiger partial charge in [-0.05, 0) is 107 Å². The quantitative estimate of drug-likeness (QED) is 0.0132. The number of amides is 2. The highest BCUT2D eigenvalue weighted by molar-refractivity contribution is 6.31. The molecule has 0 bridgehead atoms. The van der Waals surface area contributed by atoms with Crippen LogP contribution in [0.15, 0.2) is 167 Å². The van der Waals surface area contributed by atoms with Crippen LogP contribution in [-0.2, 0) is 65.3 Å². The number of ether oxygens (including phenoxy) is 5. The fourth-order valence-electron chi connectivity index (χ4n) is 9.54. The molecule has 22 nitrogen and oxygen atoms in total. The average molecular weight is 1410 g/mol. The Morgan fingerprint density at radius 1 is 0.520 bits per heavy atom. The van der Waals surface area contributed by atoms with Crippen molar-refractivity contribution in [1.82, 2.24) is 20.9 Å². The first kappa shape index (κ1) is 77.3. The number of alkyl halides is 1. The Morgan fingerprint density at radius 2 is 0.949 bits per heavy atom. The first-order valence-electron chi connectivity index (χ1n) is 30.3. The summed E-state index contributed by atoms with van der Waals surface area (Å²) in [6, 6.07) is 41.3. The summed E-state index contributed by atoms with van der Waals surface area (Å²) in [5.41, 5.74) is 5.55. The Labute approximate surface area is 577 Å². The lowest BCUT2D eigenvalue weighted by Crippen LogP contribution is -2.46. The van der Waals surface area contributed by atoms with Gasteiger partial charge >= 0.3 is 29.8 Å². The van der Waals surface area contributed by atoms with Gasteiger partial charge in [0.2, 0.25) is 30.4 Å². The molecule has 518 valence electrons. The van der Waals surface area contributed by atoms with E-state index in [4.69, 9.17) is 53.3 Å². The highest BCUT2D eigenvalue weighted by Gasteiger charge is 2.32. The molecule has 0 fully saturated rings. The molecule has 0 radical (unpaired) electrons. The number of carbonyl (C=O) groups is 8. The van der Waals surface area contributed by atoms with Crippen molar-refractivity contribution >= 4 is 82.2 Å². The van der Waals surface area contributed by atoms with Gasteiger partial charge in [-0.25, -0.2) is 13.6 Å². The van der Waals surface area contributed by atoms with Gasteiger partial charge in [0.1, 0.15) is 23.0 Å². The van der Waals surface area contributed by atoms with Gasteiger partial charge in [0.15, 0.2) is 12.2 Å². The van der Waals surface area contributed by atoms with Crippen LogP contribution in [0.2, 0.25) is 10.0 Å². The van der Waals surface area contributed by atoms with Crippen molar-refractivity contribution < 1.29 is 95.2 Å². The van der Waals surface area contributed by atoms with Crippen molar-refractivity contribution in [3.05, 3.63) is 202 Å². The van der Waals surface area contributed by atoms with Crippen molar-refractivity contribution in [1.29, 1.82) is 0 Å². The Morgan fingerprint density at radius 3 is 1.37 bits per heavy atom. The van der Waals surface area contributed by atoms with Crippen LogP contribution in [0.3, 0.4) is 0 Å². The van der Waals surface area contributed by atoms with E-state index in [9.17, 15) is 62.5 Å². The molecular weight excluding hydrogens is 1340 g/mol. The van der Waals surface area contributed by atoms with E-state index in [1.54, 1.807) is 50.2 Å². The largest absolute Gasteiger partial charge is 0.469 e. The zero-order valence-corrected chi connectivity index (χ0v) is 56.1. The number of aliphatic hydroxyl groups is 3.